The van der Waals surface area contributed by atoms with Crippen LogP contribution in [0.25, 0.3) is 0 Å². The van der Waals surface area contributed by atoms with E-state index < -0.39 is 11.4 Å². The van der Waals surface area contributed by atoms with Crippen molar-refractivity contribution in [3.63, 3.8) is 0 Å². The fraction of sp³-hybridized carbons (Fsp3) is 0.400. The summed E-state index contributed by atoms with van der Waals surface area (Å²) in [4.78, 5) is 11.6. The van der Waals surface area contributed by atoms with Gasteiger partial charge in [-0.15, -0.1) is 0 Å². The molecule has 1 N–H and O–H groups in total. The first-order valence-electron chi connectivity index (χ1n) is 5.95. The molecular weight excluding hydrogens is 212 g/mol. The van der Waals surface area contributed by atoms with Crippen LogP contribution in [0.2, 0.25) is 0 Å². The molecule has 1 atom stereocenters. The van der Waals surface area contributed by atoms with E-state index in [1.165, 1.54) is 0 Å². The normalized spacial score (nSPS) is 13.8. The number of carboxylic acid groups (broad SMARTS) is 1. The second-order valence-electron chi connectivity index (χ2n) is 4.59. The Labute approximate surface area is 103 Å². The average molecular weight is 232 g/mol. The monoisotopic (exact) mass is 232 g/mol. The Hall–Kier alpha value is -1.57. The third-order valence-corrected chi connectivity index (χ3v) is 3.20. The third kappa shape index (κ3) is 2.96. The highest BCUT2D eigenvalue weighted by atomic mass is 16.4. The molecule has 0 aromatic heterocycles. The summed E-state index contributed by atoms with van der Waals surface area (Å²) in [5.41, 5.74) is 1.24. The largest absolute Gasteiger partial charge is 0.481 e. The van der Waals surface area contributed by atoms with Crippen molar-refractivity contribution in [2.45, 2.75) is 39.0 Å². The van der Waals surface area contributed by atoms with Gasteiger partial charge in [-0.1, -0.05) is 48.9 Å². The van der Waals surface area contributed by atoms with Gasteiger partial charge in [0, 0.05) is 0 Å². The summed E-state index contributed by atoms with van der Waals surface area (Å²) < 4.78 is 0. The van der Waals surface area contributed by atoms with Crippen LogP contribution in [0.1, 0.15) is 39.2 Å². The molecule has 0 bridgehead atoms. The fourth-order valence-corrected chi connectivity index (χ4v) is 1.96. The summed E-state index contributed by atoms with van der Waals surface area (Å²) in [6.07, 6.45) is 3.14. The molecule has 0 aliphatic heterocycles. The Bertz CT molecular complexity index is 402. The SMILES string of the molecule is CCC(CC=C(C)C)(C(=O)O)c1ccccc1. The Morgan fingerprint density at radius 2 is 1.88 bits per heavy atom. The molecule has 0 aliphatic rings. The van der Waals surface area contributed by atoms with Crippen molar-refractivity contribution >= 4 is 5.97 Å². The summed E-state index contributed by atoms with van der Waals surface area (Å²) in [5, 5.41) is 9.56. The zero-order chi connectivity index (χ0) is 12.9. The summed E-state index contributed by atoms with van der Waals surface area (Å²) >= 11 is 0. The van der Waals surface area contributed by atoms with Gasteiger partial charge in [0.1, 0.15) is 0 Å². The first kappa shape index (κ1) is 13.5. The van der Waals surface area contributed by atoms with Crippen molar-refractivity contribution in [2.24, 2.45) is 0 Å². The molecule has 2 heteroatoms. The van der Waals surface area contributed by atoms with Crippen LogP contribution in [0.15, 0.2) is 42.0 Å². The van der Waals surface area contributed by atoms with Crippen LogP contribution in [0.3, 0.4) is 0 Å². The Kier molecular flexibility index (Phi) is 4.50. The highest BCUT2D eigenvalue weighted by Gasteiger charge is 2.37. The number of carboxylic acids is 1. The molecule has 0 amide bonds. The lowest BCUT2D eigenvalue weighted by molar-refractivity contribution is -0.144. The predicted octanol–water partition coefficient (Wildman–Crippen LogP) is 3.78. The van der Waals surface area contributed by atoms with Crippen LogP contribution < -0.4 is 0 Å². The molecule has 1 aromatic rings. The molecule has 0 heterocycles. The number of carbonyl (C=O) groups is 1. The van der Waals surface area contributed by atoms with Crippen LogP contribution in [-0.2, 0) is 10.2 Å². The minimum Gasteiger partial charge on any atom is -0.481 e. The van der Waals surface area contributed by atoms with Gasteiger partial charge in [-0.2, -0.15) is 0 Å². The van der Waals surface area contributed by atoms with E-state index in [-0.39, 0.29) is 0 Å². The van der Waals surface area contributed by atoms with Crippen LogP contribution >= 0.6 is 0 Å². The van der Waals surface area contributed by atoms with E-state index in [2.05, 4.69) is 0 Å². The van der Waals surface area contributed by atoms with E-state index >= 15 is 0 Å². The second-order valence-corrected chi connectivity index (χ2v) is 4.59. The molecule has 0 spiro atoms. The minimum atomic E-state index is -0.793. The number of rotatable bonds is 5. The average Bonchev–Trinajstić information content (AvgIpc) is 2.31. The van der Waals surface area contributed by atoms with Gasteiger partial charge in [0.2, 0.25) is 0 Å². The first-order valence-corrected chi connectivity index (χ1v) is 5.95. The van der Waals surface area contributed by atoms with Crippen molar-refractivity contribution in [1.29, 1.82) is 0 Å². The lowest BCUT2D eigenvalue weighted by Crippen LogP contribution is -2.34. The van der Waals surface area contributed by atoms with Gasteiger partial charge in [0.15, 0.2) is 0 Å². The standard InChI is InChI=1S/C15H20O2/c1-4-15(14(16)17,11-10-12(2)3)13-8-6-5-7-9-13/h5-10H,4,11H2,1-3H3,(H,16,17). The Balaban J connectivity index is 3.18. The summed E-state index contributed by atoms with van der Waals surface area (Å²) in [6.45, 7) is 5.92. The number of benzene rings is 1. The van der Waals surface area contributed by atoms with Gasteiger partial charge in [-0.05, 0) is 32.3 Å². The van der Waals surface area contributed by atoms with Gasteiger partial charge in [0.05, 0.1) is 5.41 Å². The van der Waals surface area contributed by atoms with Crippen LogP contribution in [0, 0.1) is 0 Å². The van der Waals surface area contributed by atoms with E-state index in [9.17, 15) is 9.90 Å². The third-order valence-electron chi connectivity index (χ3n) is 3.20. The molecule has 0 radical (unpaired) electrons. The lowest BCUT2D eigenvalue weighted by Gasteiger charge is -2.27. The van der Waals surface area contributed by atoms with E-state index in [1.807, 2.05) is 57.2 Å². The van der Waals surface area contributed by atoms with Gasteiger partial charge < -0.3 is 5.11 Å². The first-order chi connectivity index (χ1) is 8.03. The Morgan fingerprint density at radius 1 is 1.29 bits per heavy atom. The molecular formula is C15H20O2. The predicted molar refractivity (Wildman–Crippen MR) is 70.1 cm³/mol. The topological polar surface area (TPSA) is 37.3 Å². The van der Waals surface area contributed by atoms with Gasteiger partial charge in [-0.25, -0.2) is 0 Å². The smallest absolute Gasteiger partial charge is 0.314 e. The van der Waals surface area contributed by atoms with Crippen molar-refractivity contribution in [1.82, 2.24) is 0 Å². The summed E-state index contributed by atoms with van der Waals surface area (Å²) in [7, 11) is 0. The van der Waals surface area contributed by atoms with Crippen LogP contribution in [0.4, 0.5) is 0 Å². The molecule has 0 saturated carbocycles. The molecule has 1 unspecified atom stereocenters. The second kappa shape index (κ2) is 5.67. The zero-order valence-electron chi connectivity index (χ0n) is 10.7. The van der Waals surface area contributed by atoms with Gasteiger partial charge >= 0.3 is 5.97 Å². The highest BCUT2D eigenvalue weighted by Crippen LogP contribution is 2.33. The van der Waals surface area contributed by atoms with Crippen LogP contribution in [0.5, 0.6) is 0 Å². The van der Waals surface area contributed by atoms with E-state index in [0.29, 0.717) is 12.8 Å². The summed E-state index contributed by atoms with van der Waals surface area (Å²) in [5.74, 6) is -0.747. The molecule has 1 aromatic carbocycles. The van der Waals surface area contributed by atoms with Crippen LogP contribution in [-0.4, -0.2) is 11.1 Å². The Morgan fingerprint density at radius 3 is 2.29 bits per heavy atom. The quantitative estimate of drug-likeness (QED) is 0.784. The number of hydrogen-bond donors (Lipinski definition) is 1. The van der Waals surface area contributed by atoms with Gasteiger partial charge in [-0.3, -0.25) is 4.79 Å². The molecule has 92 valence electrons. The van der Waals surface area contributed by atoms with E-state index in [0.717, 1.165) is 11.1 Å². The van der Waals surface area contributed by atoms with Gasteiger partial charge in [0.25, 0.3) is 0 Å². The molecule has 0 saturated heterocycles. The van der Waals surface area contributed by atoms with Crippen molar-refractivity contribution in [3.8, 4) is 0 Å². The lowest BCUT2D eigenvalue weighted by atomic mass is 9.75. The molecule has 1 rings (SSSR count). The highest BCUT2D eigenvalue weighted by molar-refractivity contribution is 5.81. The number of hydrogen-bond acceptors (Lipinski definition) is 1. The molecule has 17 heavy (non-hydrogen) atoms. The fourth-order valence-electron chi connectivity index (χ4n) is 1.96. The maximum atomic E-state index is 11.6. The maximum Gasteiger partial charge on any atom is 0.314 e. The van der Waals surface area contributed by atoms with Crippen molar-refractivity contribution in [3.05, 3.63) is 47.5 Å². The molecule has 0 fully saturated rings. The number of aliphatic carboxylic acids is 1. The van der Waals surface area contributed by atoms with E-state index in [4.69, 9.17) is 0 Å². The maximum absolute atomic E-state index is 11.6. The van der Waals surface area contributed by atoms with E-state index in [1.54, 1.807) is 0 Å². The summed E-state index contributed by atoms with van der Waals surface area (Å²) in [6, 6.07) is 9.50. The number of allylic oxidation sites excluding steroid dienone is 2. The molecule has 2 nitrogen and oxygen atoms in total. The molecule has 0 aliphatic carbocycles. The van der Waals surface area contributed by atoms with Crippen molar-refractivity contribution < 1.29 is 9.90 Å². The minimum absolute atomic E-state index is 0.547. The van der Waals surface area contributed by atoms with Crippen molar-refractivity contribution in [2.75, 3.05) is 0 Å². The zero-order valence-corrected chi connectivity index (χ0v) is 10.7.